The van der Waals surface area contributed by atoms with Gasteiger partial charge in [-0.2, -0.15) is 57.9 Å². The SMILES string of the molecule is N#Cc1cc(-n2c3ccccc3c3cc(-c4ccc(C(F)(F)F)cc4C(F)(F)F)ccc32)c(-c2nc(-c3ccccc3)cc(-c3ccccc3)n2)c(-n2c3ccccc3c3cc(-c4ccc(C(F)(F)F)cc4C(F)(F)F)ccc32)c1. The van der Waals surface area contributed by atoms with Crippen LogP contribution in [-0.4, -0.2) is 19.1 Å². The van der Waals surface area contributed by atoms with Crippen LogP contribution in [0, 0.1) is 11.3 Å². The molecule has 0 spiro atoms. The van der Waals surface area contributed by atoms with Crippen LogP contribution in [0.5, 0.6) is 0 Å². The van der Waals surface area contributed by atoms with E-state index in [0.717, 1.165) is 12.1 Å². The minimum absolute atomic E-state index is 0.0390. The number of benzene rings is 9. The Labute approximate surface area is 445 Å². The van der Waals surface area contributed by atoms with Gasteiger partial charge in [0.15, 0.2) is 5.82 Å². The van der Waals surface area contributed by atoms with Crippen molar-refractivity contribution in [3.05, 3.63) is 228 Å². The van der Waals surface area contributed by atoms with Crippen molar-refractivity contribution >= 4 is 43.6 Å². The third kappa shape index (κ3) is 8.92. The van der Waals surface area contributed by atoms with Crippen molar-refractivity contribution in [1.29, 1.82) is 5.26 Å². The summed E-state index contributed by atoms with van der Waals surface area (Å²) in [6.45, 7) is 0. The zero-order valence-corrected chi connectivity index (χ0v) is 40.8. The number of nitrogens with zero attached hydrogens (tertiary/aromatic N) is 5. The minimum Gasteiger partial charge on any atom is -0.308 e. The van der Waals surface area contributed by atoms with Crippen LogP contribution in [0.2, 0.25) is 0 Å². The van der Waals surface area contributed by atoms with E-state index >= 15 is 0 Å². The number of rotatable bonds is 7. The van der Waals surface area contributed by atoms with Crippen molar-refractivity contribution < 1.29 is 52.7 Å². The highest BCUT2D eigenvalue weighted by molar-refractivity contribution is 6.13. The molecule has 0 N–H and O–H groups in total. The van der Waals surface area contributed by atoms with Crippen LogP contribution in [0.3, 0.4) is 0 Å². The van der Waals surface area contributed by atoms with Gasteiger partial charge in [-0.3, -0.25) is 0 Å². The highest BCUT2D eigenvalue weighted by Crippen LogP contribution is 2.48. The van der Waals surface area contributed by atoms with Crippen LogP contribution >= 0.6 is 0 Å². The van der Waals surface area contributed by atoms with Crippen molar-refractivity contribution in [2.75, 3.05) is 0 Å². The topological polar surface area (TPSA) is 59.4 Å². The first-order valence-electron chi connectivity index (χ1n) is 24.4. The van der Waals surface area contributed by atoms with Gasteiger partial charge in [0.2, 0.25) is 0 Å². The number of halogens is 12. The van der Waals surface area contributed by atoms with E-state index < -0.39 is 58.1 Å². The maximum absolute atomic E-state index is 14.7. The lowest BCUT2D eigenvalue weighted by Crippen LogP contribution is -2.12. The summed E-state index contributed by atoms with van der Waals surface area (Å²) in [6, 6.07) is 51.3. The molecule has 0 saturated carbocycles. The van der Waals surface area contributed by atoms with Crippen LogP contribution in [0.1, 0.15) is 27.8 Å². The molecule has 9 aromatic carbocycles. The first kappa shape index (κ1) is 51.1. The molecule has 0 aliphatic rings. The van der Waals surface area contributed by atoms with Crippen molar-refractivity contribution in [2.45, 2.75) is 24.7 Å². The molecular formula is C63H33F12N5. The third-order valence-electron chi connectivity index (χ3n) is 14.1. The standard InChI is InChI=1S/C63H33F12N5/c64-60(65,66)40-21-23-42(48(31-40)62(70,71)72)38-19-25-54-46(29-38)44-15-7-9-17-52(44)79(54)56-27-35(34-76)28-57(58(56)59-77-50(36-11-3-1-4-12-36)33-51(78-59)37-13-5-2-6-14-37)80-53-18-10-8-16-45(53)47-30-39(20-26-55(47)80)43-24-22-41(61(67,68)69)32-49(43)63(73,74)75/h1-33H. The van der Waals surface area contributed by atoms with Gasteiger partial charge in [0.05, 0.1) is 84.3 Å². The van der Waals surface area contributed by atoms with Crippen LogP contribution in [-0.2, 0) is 24.7 Å². The van der Waals surface area contributed by atoms with E-state index in [1.54, 1.807) is 81.9 Å². The van der Waals surface area contributed by atoms with Crippen LogP contribution in [0.25, 0.3) is 111 Å². The van der Waals surface area contributed by atoms with E-state index in [1.165, 1.54) is 24.3 Å². The molecular weight excluding hydrogens is 1050 g/mol. The molecule has 0 saturated heterocycles. The molecule has 12 rings (SSSR count). The first-order valence-corrected chi connectivity index (χ1v) is 24.4. The van der Waals surface area contributed by atoms with E-state index in [2.05, 4.69) is 6.07 Å². The molecule has 0 atom stereocenters. The lowest BCUT2D eigenvalue weighted by atomic mass is 9.95. The summed E-state index contributed by atoms with van der Waals surface area (Å²) in [7, 11) is 0. The Morgan fingerprint density at radius 3 is 1.12 bits per heavy atom. The van der Waals surface area contributed by atoms with Gasteiger partial charge in [-0.15, -0.1) is 0 Å². The van der Waals surface area contributed by atoms with Crippen molar-refractivity contribution in [2.24, 2.45) is 0 Å². The van der Waals surface area contributed by atoms with Gasteiger partial charge in [-0.1, -0.05) is 121 Å². The van der Waals surface area contributed by atoms with E-state index in [4.69, 9.17) is 9.97 Å². The summed E-state index contributed by atoms with van der Waals surface area (Å²) < 4.78 is 175. The summed E-state index contributed by atoms with van der Waals surface area (Å²) in [5.74, 6) is 0.115. The lowest BCUT2D eigenvalue weighted by molar-refractivity contribution is -0.144. The lowest BCUT2D eigenvalue weighted by Gasteiger charge is -2.21. The predicted molar refractivity (Wildman–Crippen MR) is 283 cm³/mol. The monoisotopic (exact) mass is 1090 g/mol. The summed E-state index contributed by atoms with van der Waals surface area (Å²) in [4.78, 5) is 10.5. The van der Waals surface area contributed by atoms with E-state index in [9.17, 15) is 57.9 Å². The van der Waals surface area contributed by atoms with Crippen LogP contribution < -0.4 is 0 Å². The van der Waals surface area contributed by atoms with Gasteiger partial charge in [-0.05, 0) is 101 Å². The Bertz CT molecular complexity index is 4210. The maximum atomic E-state index is 14.7. The maximum Gasteiger partial charge on any atom is 0.417 e. The Morgan fingerprint density at radius 2 is 0.738 bits per heavy atom. The largest absolute Gasteiger partial charge is 0.417 e. The Balaban J connectivity index is 1.19. The van der Waals surface area contributed by atoms with Gasteiger partial charge in [0.1, 0.15) is 0 Å². The van der Waals surface area contributed by atoms with Crippen molar-refractivity contribution in [1.82, 2.24) is 19.1 Å². The van der Waals surface area contributed by atoms with E-state index in [-0.39, 0.29) is 46.0 Å². The fraction of sp³-hybridized carbons (Fsp3) is 0.0635. The van der Waals surface area contributed by atoms with Gasteiger partial charge in [0, 0.05) is 32.7 Å². The molecule has 0 aliphatic heterocycles. The molecule has 3 heterocycles. The van der Waals surface area contributed by atoms with Crippen molar-refractivity contribution in [3.8, 4) is 73.6 Å². The first-order chi connectivity index (χ1) is 38.2. The smallest absolute Gasteiger partial charge is 0.308 e. The fourth-order valence-corrected chi connectivity index (χ4v) is 10.5. The Morgan fingerprint density at radius 1 is 0.350 bits per heavy atom. The second kappa shape index (κ2) is 18.8. The predicted octanol–water partition coefficient (Wildman–Crippen LogP) is 19.0. The van der Waals surface area contributed by atoms with Gasteiger partial charge < -0.3 is 9.13 Å². The normalized spacial score (nSPS) is 12.5. The summed E-state index contributed by atoms with van der Waals surface area (Å²) in [5.41, 5.74) is -1.96. The summed E-state index contributed by atoms with van der Waals surface area (Å²) in [6.07, 6.45) is -20.5. The molecule has 17 heteroatoms. The molecule has 0 radical (unpaired) electrons. The molecule has 0 unspecified atom stereocenters. The highest BCUT2D eigenvalue weighted by atomic mass is 19.4. The molecule has 0 amide bonds. The molecule has 0 bridgehead atoms. The quantitative estimate of drug-likeness (QED) is 0.149. The molecule has 80 heavy (non-hydrogen) atoms. The number of hydrogen-bond donors (Lipinski definition) is 0. The second-order valence-electron chi connectivity index (χ2n) is 18.9. The zero-order valence-electron chi connectivity index (χ0n) is 40.8. The zero-order chi connectivity index (χ0) is 56.0. The number of hydrogen-bond acceptors (Lipinski definition) is 3. The summed E-state index contributed by atoms with van der Waals surface area (Å²) >= 11 is 0. The van der Waals surface area contributed by atoms with Crippen LogP contribution in [0.15, 0.2) is 200 Å². The summed E-state index contributed by atoms with van der Waals surface area (Å²) in [5, 5.41) is 12.8. The molecule has 394 valence electrons. The molecule has 0 aliphatic carbocycles. The third-order valence-corrected chi connectivity index (χ3v) is 14.1. The molecule has 12 aromatic rings. The van der Waals surface area contributed by atoms with Gasteiger partial charge in [0.25, 0.3) is 0 Å². The number of aromatic nitrogens is 4. The number of nitriles is 1. The number of fused-ring (bicyclic) bond motifs is 6. The van der Waals surface area contributed by atoms with Gasteiger partial charge >= 0.3 is 24.7 Å². The Kier molecular flexibility index (Phi) is 12.0. The molecule has 5 nitrogen and oxygen atoms in total. The molecule has 0 fully saturated rings. The fourth-order valence-electron chi connectivity index (χ4n) is 10.5. The van der Waals surface area contributed by atoms with E-state index in [0.29, 0.717) is 83.8 Å². The second-order valence-corrected chi connectivity index (χ2v) is 18.9. The average molecular weight is 1090 g/mol. The minimum atomic E-state index is -5.18. The van der Waals surface area contributed by atoms with Crippen molar-refractivity contribution in [3.63, 3.8) is 0 Å². The molecule has 3 aromatic heterocycles. The van der Waals surface area contributed by atoms with Gasteiger partial charge in [-0.25, -0.2) is 9.97 Å². The number of alkyl halides is 12. The Hall–Kier alpha value is -9.69. The van der Waals surface area contributed by atoms with Crippen LogP contribution in [0.4, 0.5) is 52.7 Å². The average Bonchev–Trinajstić information content (AvgIpc) is 4.03. The highest BCUT2D eigenvalue weighted by Gasteiger charge is 2.40. The van der Waals surface area contributed by atoms with E-state index in [1.807, 2.05) is 66.7 Å². The number of para-hydroxylation sites is 2.